The highest BCUT2D eigenvalue weighted by Gasteiger charge is 2.37. The smallest absolute Gasteiger partial charge is 0.289 e. The second-order valence-electron chi connectivity index (χ2n) is 5.78. The van der Waals surface area contributed by atoms with E-state index in [0.717, 1.165) is 25.9 Å². The van der Waals surface area contributed by atoms with Crippen molar-refractivity contribution < 1.29 is 13.3 Å². The lowest BCUT2D eigenvalue weighted by Gasteiger charge is -2.33. The molecule has 0 saturated carbocycles. The van der Waals surface area contributed by atoms with Gasteiger partial charge in [0.2, 0.25) is 10.0 Å². The van der Waals surface area contributed by atoms with Crippen LogP contribution >= 0.6 is 12.4 Å². The third-order valence-electron chi connectivity index (χ3n) is 4.11. The molecule has 1 fully saturated rings. The standard InChI is InChI=1S/C15H23N3O4S.ClH/c1-3-11-17(13-7-9-16-10-8-13)23(21,22)15-12(2)5-4-6-14(15)18(19)20;/h4-6,13,16H,3,7-11H2,1-2H3;1H. The number of piperidine rings is 1. The average molecular weight is 378 g/mol. The van der Waals surface area contributed by atoms with Crippen molar-refractivity contribution in [1.82, 2.24) is 9.62 Å². The number of sulfonamides is 1. The van der Waals surface area contributed by atoms with Crippen LogP contribution in [0.15, 0.2) is 23.1 Å². The number of rotatable bonds is 6. The number of aryl methyl sites for hydroxylation is 1. The summed E-state index contributed by atoms with van der Waals surface area (Å²) in [6.45, 7) is 5.41. The molecule has 1 heterocycles. The Morgan fingerprint density at radius 1 is 1.33 bits per heavy atom. The predicted molar refractivity (Wildman–Crippen MR) is 95.2 cm³/mol. The maximum absolute atomic E-state index is 13.2. The molecule has 0 spiro atoms. The zero-order valence-electron chi connectivity index (χ0n) is 13.9. The highest BCUT2D eigenvalue weighted by molar-refractivity contribution is 7.89. The van der Waals surface area contributed by atoms with Crippen LogP contribution in [-0.4, -0.2) is 43.3 Å². The summed E-state index contributed by atoms with van der Waals surface area (Å²) in [5.74, 6) is 0. The van der Waals surface area contributed by atoms with Crippen molar-refractivity contribution in [3.05, 3.63) is 33.9 Å². The summed E-state index contributed by atoms with van der Waals surface area (Å²) in [6.07, 6.45) is 2.11. The maximum Gasteiger partial charge on any atom is 0.289 e. The average Bonchev–Trinajstić information content (AvgIpc) is 2.52. The fourth-order valence-corrected chi connectivity index (χ4v) is 5.19. The van der Waals surface area contributed by atoms with Crippen LogP contribution < -0.4 is 5.32 Å². The van der Waals surface area contributed by atoms with Crippen molar-refractivity contribution in [2.24, 2.45) is 0 Å². The molecule has 0 radical (unpaired) electrons. The molecule has 0 amide bonds. The SMILES string of the molecule is CCCN(C1CCNCC1)S(=O)(=O)c1c(C)cccc1[N+](=O)[O-].Cl. The number of hydrogen-bond acceptors (Lipinski definition) is 5. The van der Waals surface area contributed by atoms with Gasteiger partial charge in [0, 0.05) is 18.7 Å². The molecular formula is C15H24ClN3O4S. The lowest BCUT2D eigenvalue weighted by Crippen LogP contribution is -2.46. The number of benzene rings is 1. The van der Waals surface area contributed by atoms with Gasteiger partial charge in [0.1, 0.15) is 0 Å². The Bertz CT molecular complexity index is 675. The first kappa shape index (κ1) is 20.8. The predicted octanol–water partition coefficient (Wildman–Crippen LogP) is 2.48. The molecule has 1 N–H and O–H groups in total. The molecule has 0 aliphatic carbocycles. The quantitative estimate of drug-likeness (QED) is 0.607. The fraction of sp³-hybridized carbons (Fsp3) is 0.600. The van der Waals surface area contributed by atoms with E-state index in [1.54, 1.807) is 13.0 Å². The van der Waals surface area contributed by atoms with E-state index < -0.39 is 14.9 Å². The second-order valence-corrected chi connectivity index (χ2v) is 7.60. The Kier molecular flexibility index (Phi) is 7.59. The molecule has 1 aromatic rings. The van der Waals surface area contributed by atoms with Gasteiger partial charge in [-0.25, -0.2) is 8.42 Å². The van der Waals surface area contributed by atoms with Gasteiger partial charge in [0.25, 0.3) is 5.69 Å². The van der Waals surface area contributed by atoms with Crippen molar-refractivity contribution >= 4 is 28.1 Å². The first-order valence-corrected chi connectivity index (χ1v) is 9.30. The van der Waals surface area contributed by atoms with Crippen LogP contribution in [0.3, 0.4) is 0 Å². The molecule has 1 saturated heterocycles. The number of nitro groups is 1. The molecule has 1 aliphatic heterocycles. The van der Waals surface area contributed by atoms with Gasteiger partial charge in [-0.1, -0.05) is 19.1 Å². The molecule has 0 unspecified atom stereocenters. The van der Waals surface area contributed by atoms with E-state index in [0.29, 0.717) is 18.5 Å². The molecule has 1 aromatic carbocycles. The van der Waals surface area contributed by atoms with Crippen LogP contribution in [0.5, 0.6) is 0 Å². The van der Waals surface area contributed by atoms with E-state index in [9.17, 15) is 18.5 Å². The molecule has 24 heavy (non-hydrogen) atoms. The highest BCUT2D eigenvalue weighted by atomic mass is 35.5. The van der Waals surface area contributed by atoms with Crippen LogP contribution in [0.4, 0.5) is 5.69 Å². The second kappa shape index (κ2) is 8.75. The number of nitrogens with one attached hydrogen (secondary N) is 1. The van der Waals surface area contributed by atoms with Gasteiger partial charge in [0.05, 0.1) is 4.92 Å². The Labute approximate surface area is 149 Å². The van der Waals surface area contributed by atoms with Crippen LogP contribution in [0.2, 0.25) is 0 Å². The molecule has 9 heteroatoms. The third-order valence-corrected chi connectivity index (χ3v) is 6.26. The van der Waals surface area contributed by atoms with Crippen molar-refractivity contribution in [3.63, 3.8) is 0 Å². The molecule has 7 nitrogen and oxygen atoms in total. The van der Waals surface area contributed by atoms with Gasteiger partial charge < -0.3 is 5.32 Å². The Morgan fingerprint density at radius 3 is 2.50 bits per heavy atom. The van der Waals surface area contributed by atoms with Crippen molar-refractivity contribution in [2.75, 3.05) is 19.6 Å². The van der Waals surface area contributed by atoms with E-state index in [1.807, 2.05) is 6.92 Å². The normalized spacial score (nSPS) is 16.0. The topological polar surface area (TPSA) is 92.6 Å². The van der Waals surface area contributed by atoms with Crippen LogP contribution in [0.25, 0.3) is 0 Å². The molecule has 0 bridgehead atoms. The summed E-state index contributed by atoms with van der Waals surface area (Å²) in [7, 11) is -3.91. The van der Waals surface area contributed by atoms with E-state index in [-0.39, 0.29) is 29.0 Å². The molecular weight excluding hydrogens is 354 g/mol. The monoisotopic (exact) mass is 377 g/mol. The molecule has 2 rings (SSSR count). The molecule has 0 atom stereocenters. The van der Waals surface area contributed by atoms with Gasteiger partial charge in [-0.05, 0) is 44.8 Å². The van der Waals surface area contributed by atoms with Gasteiger partial charge in [0.15, 0.2) is 4.90 Å². The number of nitrogens with zero attached hydrogens (tertiary/aromatic N) is 2. The van der Waals surface area contributed by atoms with Gasteiger partial charge in [-0.15, -0.1) is 12.4 Å². The molecule has 136 valence electrons. The summed E-state index contributed by atoms with van der Waals surface area (Å²) in [5, 5.41) is 14.5. The number of halogens is 1. The third kappa shape index (κ3) is 4.24. The van der Waals surface area contributed by atoms with Crippen LogP contribution in [-0.2, 0) is 10.0 Å². The number of hydrogen-bond donors (Lipinski definition) is 1. The largest absolute Gasteiger partial charge is 0.317 e. The van der Waals surface area contributed by atoms with Crippen LogP contribution in [0, 0.1) is 17.0 Å². The Balaban J connectivity index is 0.00000288. The van der Waals surface area contributed by atoms with E-state index >= 15 is 0 Å². The summed E-state index contributed by atoms with van der Waals surface area (Å²) >= 11 is 0. The van der Waals surface area contributed by atoms with Crippen molar-refractivity contribution in [3.8, 4) is 0 Å². The van der Waals surface area contributed by atoms with Crippen molar-refractivity contribution in [2.45, 2.75) is 44.0 Å². The summed E-state index contributed by atoms with van der Waals surface area (Å²) in [5.41, 5.74) is 0.0641. The van der Waals surface area contributed by atoms with Crippen molar-refractivity contribution in [1.29, 1.82) is 0 Å². The molecule has 0 aromatic heterocycles. The Morgan fingerprint density at radius 2 is 1.96 bits per heavy atom. The zero-order chi connectivity index (χ0) is 17.0. The fourth-order valence-electron chi connectivity index (χ4n) is 3.05. The van der Waals surface area contributed by atoms with E-state index in [1.165, 1.54) is 16.4 Å². The minimum Gasteiger partial charge on any atom is -0.317 e. The lowest BCUT2D eigenvalue weighted by atomic mass is 10.1. The minimum absolute atomic E-state index is 0. The Hall–Kier alpha value is -1.22. The first-order valence-electron chi connectivity index (χ1n) is 7.86. The van der Waals surface area contributed by atoms with Gasteiger partial charge >= 0.3 is 0 Å². The molecule has 1 aliphatic rings. The van der Waals surface area contributed by atoms with Crippen LogP contribution in [0.1, 0.15) is 31.7 Å². The maximum atomic E-state index is 13.2. The van der Waals surface area contributed by atoms with E-state index in [4.69, 9.17) is 0 Å². The highest BCUT2D eigenvalue weighted by Crippen LogP contribution is 2.32. The van der Waals surface area contributed by atoms with Gasteiger partial charge in [-0.3, -0.25) is 10.1 Å². The van der Waals surface area contributed by atoms with E-state index in [2.05, 4.69) is 5.32 Å². The summed E-state index contributed by atoms with van der Waals surface area (Å²) in [4.78, 5) is 10.5. The lowest BCUT2D eigenvalue weighted by molar-refractivity contribution is -0.387. The van der Waals surface area contributed by atoms with Gasteiger partial charge in [-0.2, -0.15) is 4.31 Å². The minimum atomic E-state index is -3.91. The summed E-state index contributed by atoms with van der Waals surface area (Å²) in [6, 6.07) is 4.26. The number of nitro benzene ring substituents is 1. The summed E-state index contributed by atoms with van der Waals surface area (Å²) < 4.78 is 27.8. The first-order chi connectivity index (χ1) is 10.9. The zero-order valence-corrected chi connectivity index (χ0v) is 15.5.